The summed E-state index contributed by atoms with van der Waals surface area (Å²) in [5.74, 6) is 0.668. The molecule has 0 bridgehead atoms. The normalized spacial score (nSPS) is 11.7. The zero-order valence-electron chi connectivity index (χ0n) is 14.1. The fourth-order valence-corrected chi connectivity index (χ4v) is 3.65. The van der Waals surface area contributed by atoms with Crippen molar-refractivity contribution in [2.24, 2.45) is 0 Å². The molecule has 3 aromatic heterocycles. The number of benzene rings is 1. The molecule has 4 aromatic rings. The van der Waals surface area contributed by atoms with Crippen LogP contribution in [0.3, 0.4) is 0 Å². The van der Waals surface area contributed by atoms with Crippen molar-refractivity contribution in [2.75, 3.05) is 6.61 Å². The van der Waals surface area contributed by atoms with Crippen LogP contribution in [0.1, 0.15) is 17.7 Å². The van der Waals surface area contributed by atoms with Gasteiger partial charge in [0.25, 0.3) is 0 Å². The van der Waals surface area contributed by atoms with Crippen LogP contribution in [0.15, 0.2) is 35.1 Å². The van der Waals surface area contributed by atoms with E-state index in [9.17, 15) is 0 Å². The van der Waals surface area contributed by atoms with E-state index in [-0.39, 0.29) is 6.61 Å². The van der Waals surface area contributed by atoms with E-state index in [0.717, 1.165) is 44.5 Å². The fraction of sp³-hybridized carbons (Fsp3) is 0.278. The standard InChI is InChI=1S/C18H18BrN5O/c1-11-12(2)23(8-5-9-25)17-15(11)18-21-16(22-24(18)10-20-17)13-6-3-4-7-14(13)19/h3-4,6-7,10,25H,5,8-9H2,1-2H3. The van der Waals surface area contributed by atoms with E-state index in [1.165, 1.54) is 0 Å². The third kappa shape index (κ3) is 2.54. The third-order valence-electron chi connectivity index (χ3n) is 4.60. The van der Waals surface area contributed by atoms with Crippen molar-refractivity contribution in [3.63, 3.8) is 0 Å². The Morgan fingerprint density at radius 3 is 2.72 bits per heavy atom. The summed E-state index contributed by atoms with van der Waals surface area (Å²) in [6.07, 6.45) is 2.41. The summed E-state index contributed by atoms with van der Waals surface area (Å²) in [5, 5.41) is 14.8. The van der Waals surface area contributed by atoms with Crippen LogP contribution < -0.4 is 0 Å². The lowest BCUT2D eigenvalue weighted by Gasteiger charge is -2.05. The van der Waals surface area contributed by atoms with E-state index >= 15 is 0 Å². The predicted octanol–water partition coefficient (Wildman–Crippen LogP) is 3.51. The molecule has 25 heavy (non-hydrogen) atoms. The minimum Gasteiger partial charge on any atom is -0.396 e. The van der Waals surface area contributed by atoms with Crippen molar-refractivity contribution >= 4 is 32.6 Å². The number of nitrogens with zero attached hydrogens (tertiary/aromatic N) is 5. The molecule has 128 valence electrons. The Labute approximate surface area is 153 Å². The van der Waals surface area contributed by atoms with Gasteiger partial charge in [0.05, 0.1) is 5.39 Å². The Morgan fingerprint density at radius 2 is 1.96 bits per heavy atom. The van der Waals surface area contributed by atoms with Gasteiger partial charge in [-0.05, 0) is 38.0 Å². The maximum Gasteiger partial charge on any atom is 0.183 e. The highest BCUT2D eigenvalue weighted by molar-refractivity contribution is 9.10. The second-order valence-corrected chi connectivity index (χ2v) is 6.92. The first-order valence-corrected chi connectivity index (χ1v) is 8.97. The van der Waals surface area contributed by atoms with E-state index < -0.39 is 0 Å². The summed E-state index contributed by atoms with van der Waals surface area (Å²) in [5.41, 5.74) is 4.95. The van der Waals surface area contributed by atoms with Gasteiger partial charge in [-0.3, -0.25) is 0 Å². The lowest BCUT2D eigenvalue weighted by atomic mass is 10.2. The van der Waals surface area contributed by atoms with Gasteiger partial charge in [0.1, 0.15) is 12.0 Å². The zero-order valence-corrected chi connectivity index (χ0v) is 15.7. The lowest BCUT2D eigenvalue weighted by molar-refractivity contribution is 0.280. The van der Waals surface area contributed by atoms with Crippen molar-refractivity contribution in [3.8, 4) is 11.4 Å². The van der Waals surface area contributed by atoms with Gasteiger partial charge in [-0.1, -0.05) is 28.1 Å². The van der Waals surface area contributed by atoms with E-state index in [2.05, 4.69) is 44.4 Å². The smallest absolute Gasteiger partial charge is 0.183 e. The summed E-state index contributed by atoms with van der Waals surface area (Å²) in [6.45, 7) is 5.07. The number of rotatable bonds is 4. The molecule has 0 unspecified atom stereocenters. The summed E-state index contributed by atoms with van der Waals surface area (Å²) in [4.78, 5) is 9.39. The van der Waals surface area contributed by atoms with Gasteiger partial charge in [0.2, 0.25) is 0 Å². The number of aryl methyl sites for hydroxylation is 2. The zero-order chi connectivity index (χ0) is 17.6. The van der Waals surface area contributed by atoms with Crippen LogP contribution in [0.4, 0.5) is 0 Å². The number of aromatic nitrogens is 5. The molecule has 0 saturated carbocycles. The molecule has 0 radical (unpaired) electrons. The van der Waals surface area contributed by atoms with Crippen molar-refractivity contribution in [1.29, 1.82) is 0 Å². The Morgan fingerprint density at radius 1 is 1.16 bits per heavy atom. The molecular weight excluding hydrogens is 382 g/mol. The largest absolute Gasteiger partial charge is 0.396 e. The van der Waals surface area contributed by atoms with Crippen LogP contribution in [0.25, 0.3) is 28.1 Å². The highest BCUT2D eigenvalue weighted by Crippen LogP contribution is 2.30. The number of aliphatic hydroxyl groups is 1. The molecule has 1 aromatic carbocycles. The number of fused-ring (bicyclic) bond motifs is 3. The molecular formula is C18H18BrN5O. The summed E-state index contributed by atoms with van der Waals surface area (Å²) >= 11 is 3.57. The van der Waals surface area contributed by atoms with Gasteiger partial charge >= 0.3 is 0 Å². The average molecular weight is 400 g/mol. The number of hydrogen-bond acceptors (Lipinski definition) is 4. The maximum atomic E-state index is 9.16. The number of halogens is 1. The van der Waals surface area contributed by atoms with E-state index in [0.29, 0.717) is 12.2 Å². The second-order valence-electron chi connectivity index (χ2n) is 6.07. The van der Waals surface area contributed by atoms with Gasteiger partial charge in [0, 0.05) is 28.9 Å². The lowest BCUT2D eigenvalue weighted by Crippen LogP contribution is -2.03. The fourth-order valence-electron chi connectivity index (χ4n) is 3.19. The van der Waals surface area contributed by atoms with Gasteiger partial charge in [-0.25, -0.2) is 14.5 Å². The molecule has 6 nitrogen and oxygen atoms in total. The minimum absolute atomic E-state index is 0.164. The Bertz CT molecular complexity index is 1080. The van der Waals surface area contributed by atoms with E-state index in [4.69, 9.17) is 10.1 Å². The molecule has 4 rings (SSSR count). The highest BCUT2D eigenvalue weighted by Gasteiger charge is 2.18. The van der Waals surface area contributed by atoms with Gasteiger partial charge < -0.3 is 9.67 Å². The quantitative estimate of drug-likeness (QED) is 0.569. The first-order valence-electron chi connectivity index (χ1n) is 8.18. The molecule has 7 heteroatoms. The molecule has 0 aliphatic rings. The van der Waals surface area contributed by atoms with Crippen molar-refractivity contribution < 1.29 is 5.11 Å². The Hall–Kier alpha value is -2.25. The third-order valence-corrected chi connectivity index (χ3v) is 5.29. The first-order chi connectivity index (χ1) is 12.1. The molecule has 0 aliphatic heterocycles. The average Bonchev–Trinajstić information content (AvgIpc) is 3.14. The first kappa shape index (κ1) is 16.2. The van der Waals surface area contributed by atoms with Crippen molar-refractivity contribution in [1.82, 2.24) is 24.1 Å². The molecule has 0 spiro atoms. The Kier molecular flexibility index (Phi) is 4.05. The molecule has 1 N–H and O–H groups in total. The molecule has 3 heterocycles. The molecule has 0 aliphatic carbocycles. The van der Waals surface area contributed by atoms with Gasteiger partial charge in [-0.15, -0.1) is 5.10 Å². The van der Waals surface area contributed by atoms with Crippen LogP contribution in [0.5, 0.6) is 0 Å². The van der Waals surface area contributed by atoms with Crippen LogP contribution in [0, 0.1) is 13.8 Å². The van der Waals surface area contributed by atoms with Crippen LogP contribution in [-0.4, -0.2) is 35.9 Å². The monoisotopic (exact) mass is 399 g/mol. The van der Waals surface area contributed by atoms with Crippen molar-refractivity contribution in [2.45, 2.75) is 26.8 Å². The Balaban J connectivity index is 1.97. The van der Waals surface area contributed by atoms with Crippen LogP contribution >= 0.6 is 15.9 Å². The summed E-state index contributed by atoms with van der Waals surface area (Å²) in [6, 6.07) is 7.92. The van der Waals surface area contributed by atoms with E-state index in [1.807, 2.05) is 24.3 Å². The van der Waals surface area contributed by atoms with Gasteiger partial charge in [0.15, 0.2) is 11.5 Å². The van der Waals surface area contributed by atoms with E-state index in [1.54, 1.807) is 10.8 Å². The minimum atomic E-state index is 0.164. The second kappa shape index (κ2) is 6.24. The molecule has 0 amide bonds. The predicted molar refractivity (Wildman–Crippen MR) is 101 cm³/mol. The summed E-state index contributed by atoms with van der Waals surface area (Å²) < 4.78 is 4.84. The van der Waals surface area contributed by atoms with Crippen LogP contribution in [-0.2, 0) is 6.54 Å². The molecule has 0 atom stereocenters. The van der Waals surface area contributed by atoms with Gasteiger partial charge in [-0.2, -0.15) is 0 Å². The molecule has 0 saturated heterocycles. The maximum absolute atomic E-state index is 9.16. The number of aliphatic hydroxyl groups excluding tert-OH is 1. The highest BCUT2D eigenvalue weighted by atomic mass is 79.9. The van der Waals surface area contributed by atoms with Crippen molar-refractivity contribution in [3.05, 3.63) is 46.3 Å². The summed E-state index contributed by atoms with van der Waals surface area (Å²) in [7, 11) is 0. The molecule has 0 fully saturated rings. The number of hydrogen-bond donors (Lipinski definition) is 1. The SMILES string of the molecule is Cc1c(C)n(CCCO)c2ncn3nc(-c4ccccc4Br)nc3c12. The van der Waals surface area contributed by atoms with Crippen LogP contribution in [0.2, 0.25) is 0 Å². The topological polar surface area (TPSA) is 68.2 Å².